The van der Waals surface area contributed by atoms with Crippen molar-refractivity contribution in [1.82, 2.24) is 5.32 Å². The first kappa shape index (κ1) is 16.1. The van der Waals surface area contributed by atoms with Crippen LogP contribution < -0.4 is 5.32 Å². The molecule has 0 radical (unpaired) electrons. The number of benzene rings is 1. The molecule has 1 aromatic carbocycles. The lowest BCUT2D eigenvalue weighted by atomic mass is 9.93. The number of halogens is 2. The molecule has 3 heteroatoms. The molecule has 1 rings (SSSR count). The number of hydrogen-bond acceptors (Lipinski definition) is 1. The summed E-state index contributed by atoms with van der Waals surface area (Å²) in [6, 6.07) is 4.11. The van der Waals surface area contributed by atoms with E-state index in [0.29, 0.717) is 17.9 Å². The molecule has 0 bridgehead atoms. The Morgan fingerprint density at radius 2 is 1.95 bits per heavy atom. The van der Waals surface area contributed by atoms with Crippen LogP contribution in [0.5, 0.6) is 0 Å². The van der Waals surface area contributed by atoms with E-state index in [-0.39, 0.29) is 6.04 Å². The Labute approximate surface area is 115 Å². The molecular weight excluding hydrogens is 244 g/mol. The van der Waals surface area contributed by atoms with Crippen LogP contribution in [0.15, 0.2) is 18.2 Å². The lowest BCUT2D eigenvalue weighted by molar-refractivity contribution is 0.382. The molecule has 2 unspecified atom stereocenters. The van der Waals surface area contributed by atoms with Crippen LogP contribution in [0.1, 0.15) is 45.6 Å². The van der Waals surface area contributed by atoms with Crippen molar-refractivity contribution in [2.24, 2.45) is 5.92 Å². The zero-order valence-electron chi connectivity index (χ0n) is 12.2. The molecule has 0 heterocycles. The van der Waals surface area contributed by atoms with Crippen LogP contribution in [0.3, 0.4) is 0 Å². The standard InChI is InChI=1S/C16H25F2N/c1-4-6-12(3)9-15(19-5-2)10-13-7-8-14(17)11-16(13)18/h7-8,11-12,15,19H,4-6,9-10H2,1-3H3. The molecule has 1 aromatic rings. The summed E-state index contributed by atoms with van der Waals surface area (Å²) in [5.41, 5.74) is 0.594. The minimum absolute atomic E-state index is 0.256. The van der Waals surface area contributed by atoms with Crippen molar-refractivity contribution < 1.29 is 8.78 Å². The van der Waals surface area contributed by atoms with Gasteiger partial charge in [-0.2, -0.15) is 0 Å². The van der Waals surface area contributed by atoms with Crippen LogP contribution in [-0.2, 0) is 6.42 Å². The Hall–Kier alpha value is -0.960. The SMILES string of the molecule is CCCC(C)CC(Cc1ccc(F)cc1F)NCC. The van der Waals surface area contributed by atoms with Crippen molar-refractivity contribution in [3.63, 3.8) is 0 Å². The summed E-state index contributed by atoms with van der Waals surface area (Å²) >= 11 is 0. The Kier molecular flexibility index (Phi) is 7.00. The van der Waals surface area contributed by atoms with Gasteiger partial charge in [-0.25, -0.2) is 8.78 Å². The number of nitrogens with one attached hydrogen (secondary N) is 1. The van der Waals surface area contributed by atoms with E-state index < -0.39 is 11.6 Å². The predicted octanol–water partition coefficient (Wildman–Crippen LogP) is 4.31. The average molecular weight is 269 g/mol. The molecule has 0 amide bonds. The largest absolute Gasteiger partial charge is 0.314 e. The van der Waals surface area contributed by atoms with Crippen LogP contribution in [-0.4, -0.2) is 12.6 Å². The fourth-order valence-electron chi connectivity index (χ4n) is 2.58. The van der Waals surface area contributed by atoms with Gasteiger partial charge in [-0.3, -0.25) is 0 Å². The maximum Gasteiger partial charge on any atom is 0.129 e. The zero-order valence-corrected chi connectivity index (χ0v) is 12.2. The molecule has 0 aliphatic heterocycles. The molecule has 19 heavy (non-hydrogen) atoms. The summed E-state index contributed by atoms with van der Waals surface area (Å²) in [4.78, 5) is 0. The summed E-state index contributed by atoms with van der Waals surface area (Å²) < 4.78 is 26.6. The van der Waals surface area contributed by atoms with Crippen LogP contribution in [0.4, 0.5) is 8.78 Å². The van der Waals surface area contributed by atoms with Gasteiger partial charge in [-0.05, 0) is 36.9 Å². The highest BCUT2D eigenvalue weighted by Gasteiger charge is 2.15. The predicted molar refractivity (Wildman–Crippen MR) is 76.2 cm³/mol. The second-order valence-electron chi connectivity index (χ2n) is 5.32. The summed E-state index contributed by atoms with van der Waals surface area (Å²) in [5.74, 6) is -0.329. The van der Waals surface area contributed by atoms with Crippen LogP contribution >= 0.6 is 0 Å². The molecule has 0 saturated carbocycles. The number of likely N-dealkylation sites (N-methyl/N-ethyl adjacent to an activating group) is 1. The molecule has 0 aromatic heterocycles. The smallest absolute Gasteiger partial charge is 0.129 e. The Morgan fingerprint density at radius 3 is 2.53 bits per heavy atom. The van der Waals surface area contributed by atoms with E-state index in [1.165, 1.54) is 18.9 Å². The van der Waals surface area contributed by atoms with Crippen LogP contribution in [0.2, 0.25) is 0 Å². The van der Waals surface area contributed by atoms with E-state index in [1.807, 2.05) is 0 Å². The van der Waals surface area contributed by atoms with Gasteiger partial charge in [0.15, 0.2) is 0 Å². The molecular formula is C16H25F2N. The highest BCUT2D eigenvalue weighted by Crippen LogP contribution is 2.18. The van der Waals surface area contributed by atoms with Crippen molar-refractivity contribution in [3.8, 4) is 0 Å². The van der Waals surface area contributed by atoms with Gasteiger partial charge in [0, 0.05) is 12.1 Å². The first-order valence-corrected chi connectivity index (χ1v) is 7.24. The van der Waals surface area contributed by atoms with E-state index in [4.69, 9.17) is 0 Å². The second kappa shape index (κ2) is 8.26. The van der Waals surface area contributed by atoms with Gasteiger partial charge in [0.2, 0.25) is 0 Å². The van der Waals surface area contributed by atoms with Gasteiger partial charge in [0.05, 0.1) is 0 Å². The minimum Gasteiger partial charge on any atom is -0.314 e. The molecule has 108 valence electrons. The van der Waals surface area contributed by atoms with E-state index in [9.17, 15) is 8.78 Å². The fraction of sp³-hybridized carbons (Fsp3) is 0.625. The molecule has 1 N–H and O–H groups in total. The Bertz CT molecular complexity index is 379. The van der Waals surface area contributed by atoms with Gasteiger partial charge < -0.3 is 5.32 Å². The molecule has 2 atom stereocenters. The summed E-state index contributed by atoms with van der Waals surface area (Å²) in [6.45, 7) is 7.33. The highest BCUT2D eigenvalue weighted by atomic mass is 19.1. The van der Waals surface area contributed by atoms with Crippen molar-refractivity contribution >= 4 is 0 Å². The maximum absolute atomic E-state index is 13.7. The molecule has 1 nitrogen and oxygen atoms in total. The Morgan fingerprint density at radius 1 is 1.21 bits per heavy atom. The minimum atomic E-state index is -0.513. The number of hydrogen-bond donors (Lipinski definition) is 1. The molecule has 0 spiro atoms. The molecule has 0 saturated heterocycles. The van der Waals surface area contributed by atoms with Crippen LogP contribution in [0, 0.1) is 17.6 Å². The van der Waals surface area contributed by atoms with Crippen molar-refractivity contribution in [3.05, 3.63) is 35.4 Å². The zero-order chi connectivity index (χ0) is 14.3. The second-order valence-corrected chi connectivity index (χ2v) is 5.32. The molecule has 0 aliphatic carbocycles. The summed E-state index contributed by atoms with van der Waals surface area (Å²) in [6.07, 6.45) is 4.01. The normalized spacial score (nSPS) is 14.4. The third-order valence-electron chi connectivity index (χ3n) is 3.44. The molecule has 0 aliphatic rings. The van der Waals surface area contributed by atoms with Crippen molar-refractivity contribution in [2.75, 3.05) is 6.54 Å². The third-order valence-corrected chi connectivity index (χ3v) is 3.44. The van der Waals surface area contributed by atoms with Gasteiger partial charge in [0.1, 0.15) is 11.6 Å². The highest BCUT2D eigenvalue weighted by molar-refractivity contribution is 5.19. The first-order chi connectivity index (χ1) is 9.06. The number of rotatable bonds is 8. The van der Waals surface area contributed by atoms with Crippen molar-refractivity contribution in [1.29, 1.82) is 0 Å². The average Bonchev–Trinajstić information content (AvgIpc) is 2.33. The van der Waals surface area contributed by atoms with E-state index >= 15 is 0 Å². The topological polar surface area (TPSA) is 12.0 Å². The van der Waals surface area contributed by atoms with Crippen LogP contribution in [0.25, 0.3) is 0 Å². The lowest BCUT2D eigenvalue weighted by Crippen LogP contribution is -2.33. The van der Waals surface area contributed by atoms with E-state index in [1.54, 1.807) is 6.07 Å². The summed E-state index contributed by atoms with van der Waals surface area (Å²) in [7, 11) is 0. The lowest BCUT2D eigenvalue weighted by Gasteiger charge is -2.22. The van der Waals surface area contributed by atoms with E-state index in [0.717, 1.165) is 19.0 Å². The maximum atomic E-state index is 13.7. The van der Waals surface area contributed by atoms with Crippen molar-refractivity contribution in [2.45, 2.75) is 52.5 Å². The quantitative estimate of drug-likeness (QED) is 0.741. The monoisotopic (exact) mass is 269 g/mol. The fourth-order valence-corrected chi connectivity index (χ4v) is 2.58. The third kappa shape index (κ3) is 5.68. The summed E-state index contributed by atoms with van der Waals surface area (Å²) in [5, 5.41) is 3.40. The molecule has 0 fully saturated rings. The van der Waals surface area contributed by atoms with E-state index in [2.05, 4.69) is 26.1 Å². The Balaban J connectivity index is 2.66. The van der Waals surface area contributed by atoms with Gasteiger partial charge in [-0.1, -0.05) is 39.7 Å². The van der Waals surface area contributed by atoms with Gasteiger partial charge in [-0.15, -0.1) is 0 Å². The first-order valence-electron chi connectivity index (χ1n) is 7.24. The van der Waals surface area contributed by atoms with Gasteiger partial charge in [0.25, 0.3) is 0 Å². The van der Waals surface area contributed by atoms with Gasteiger partial charge >= 0.3 is 0 Å².